The minimum absolute atomic E-state index is 0.102. The summed E-state index contributed by atoms with van der Waals surface area (Å²) in [7, 11) is 0. The van der Waals surface area contributed by atoms with Crippen molar-refractivity contribution < 1.29 is 5.11 Å². The highest BCUT2D eigenvalue weighted by Gasteiger charge is 2.07. The molecule has 0 aliphatic carbocycles. The highest BCUT2D eigenvalue weighted by molar-refractivity contribution is 9.10. The van der Waals surface area contributed by atoms with Gasteiger partial charge in [0.1, 0.15) is 5.75 Å². The van der Waals surface area contributed by atoms with E-state index in [2.05, 4.69) is 21.2 Å². The molecular formula is C13H10BrCl2NO. The van der Waals surface area contributed by atoms with E-state index in [4.69, 9.17) is 23.2 Å². The smallest absolute Gasteiger partial charge is 0.139 e. The lowest BCUT2D eigenvalue weighted by Gasteiger charge is -2.11. The molecule has 2 aromatic rings. The quantitative estimate of drug-likeness (QED) is 0.812. The molecule has 2 aromatic carbocycles. The average Bonchev–Trinajstić information content (AvgIpc) is 2.36. The minimum Gasteiger partial charge on any atom is -0.506 e. The van der Waals surface area contributed by atoms with Gasteiger partial charge >= 0.3 is 0 Å². The van der Waals surface area contributed by atoms with Crippen molar-refractivity contribution >= 4 is 44.8 Å². The first-order valence-corrected chi connectivity index (χ1v) is 6.78. The number of rotatable bonds is 3. The van der Waals surface area contributed by atoms with E-state index >= 15 is 0 Å². The monoisotopic (exact) mass is 345 g/mol. The first kappa shape index (κ1) is 13.5. The summed E-state index contributed by atoms with van der Waals surface area (Å²) in [5, 5.41) is 14.0. The van der Waals surface area contributed by atoms with E-state index in [1.807, 2.05) is 18.2 Å². The zero-order chi connectivity index (χ0) is 13.1. The SMILES string of the molecule is Oc1c(Cl)cccc1CNc1cccc(Cl)c1Br. The Labute approximate surface area is 124 Å². The molecule has 0 aliphatic heterocycles. The Morgan fingerprint density at radius 2 is 1.72 bits per heavy atom. The van der Waals surface area contributed by atoms with Crippen molar-refractivity contribution in [3.63, 3.8) is 0 Å². The van der Waals surface area contributed by atoms with Gasteiger partial charge in [0.2, 0.25) is 0 Å². The van der Waals surface area contributed by atoms with Gasteiger partial charge in [-0.3, -0.25) is 0 Å². The lowest BCUT2D eigenvalue weighted by Crippen LogP contribution is -2.00. The van der Waals surface area contributed by atoms with Crippen molar-refractivity contribution in [2.45, 2.75) is 6.54 Å². The van der Waals surface area contributed by atoms with E-state index in [-0.39, 0.29) is 5.75 Å². The summed E-state index contributed by atoms with van der Waals surface area (Å²) < 4.78 is 0.799. The van der Waals surface area contributed by atoms with Crippen LogP contribution in [0.3, 0.4) is 0 Å². The molecular weight excluding hydrogens is 337 g/mol. The Kier molecular flexibility index (Phi) is 4.38. The number of hydrogen-bond donors (Lipinski definition) is 2. The molecule has 0 bridgehead atoms. The van der Waals surface area contributed by atoms with Crippen LogP contribution < -0.4 is 5.32 Å². The van der Waals surface area contributed by atoms with E-state index < -0.39 is 0 Å². The summed E-state index contributed by atoms with van der Waals surface area (Å²) in [6.45, 7) is 0.464. The van der Waals surface area contributed by atoms with Crippen LogP contribution in [0.2, 0.25) is 10.0 Å². The van der Waals surface area contributed by atoms with Crippen LogP contribution in [0.4, 0.5) is 5.69 Å². The molecule has 0 aromatic heterocycles. The Morgan fingerprint density at radius 3 is 2.50 bits per heavy atom. The number of halogens is 3. The van der Waals surface area contributed by atoms with Crippen molar-refractivity contribution in [3.8, 4) is 5.75 Å². The van der Waals surface area contributed by atoms with Crippen molar-refractivity contribution in [2.24, 2.45) is 0 Å². The molecule has 94 valence electrons. The number of hydrogen-bond acceptors (Lipinski definition) is 2. The van der Waals surface area contributed by atoms with Gasteiger partial charge in [0, 0.05) is 12.1 Å². The van der Waals surface area contributed by atoms with Crippen LogP contribution in [0.1, 0.15) is 5.56 Å². The van der Waals surface area contributed by atoms with Crippen LogP contribution in [-0.4, -0.2) is 5.11 Å². The standard InChI is InChI=1S/C13H10BrCl2NO/c14-12-9(15)4-2-6-11(12)17-7-8-3-1-5-10(16)13(8)18/h1-6,17-18H,7H2. The molecule has 18 heavy (non-hydrogen) atoms. The van der Waals surface area contributed by atoms with Crippen LogP contribution in [0.25, 0.3) is 0 Å². The van der Waals surface area contributed by atoms with Gasteiger partial charge in [0.05, 0.1) is 20.2 Å². The second-order valence-corrected chi connectivity index (χ2v) is 5.31. The van der Waals surface area contributed by atoms with Crippen molar-refractivity contribution in [3.05, 3.63) is 56.5 Å². The molecule has 2 nitrogen and oxygen atoms in total. The molecule has 0 saturated carbocycles. The average molecular weight is 347 g/mol. The number of aromatic hydroxyl groups is 1. The second-order valence-electron chi connectivity index (χ2n) is 3.70. The lowest BCUT2D eigenvalue weighted by molar-refractivity contribution is 0.469. The third-order valence-corrected chi connectivity index (χ3v) is 4.19. The zero-order valence-corrected chi connectivity index (χ0v) is 12.4. The molecule has 5 heteroatoms. The van der Waals surface area contributed by atoms with E-state index in [9.17, 15) is 5.11 Å². The van der Waals surface area contributed by atoms with E-state index in [1.54, 1.807) is 18.2 Å². The molecule has 0 aliphatic rings. The van der Waals surface area contributed by atoms with Gasteiger partial charge in [-0.1, -0.05) is 41.4 Å². The maximum absolute atomic E-state index is 9.79. The fourth-order valence-electron chi connectivity index (χ4n) is 1.53. The first-order valence-electron chi connectivity index (χ1n) is 5.24. The molecule has 0 spiro atoms. The summed E-state index contributed by atoms with van der Waals surface area (Å²) in [6.07, 6.45) is 0. The molecule has 0 amide bonds. The fraction of sp³-hybridized carbons (Fsp3) is 0.0769. The summed E-state index contributed by atoms with van der Waals surface area (Å²) in [5.41, 5.74) is 1.59. The third kappa shape index (κ3) is 2.91. The normalized spacial score (nSPS) is 10.4. The predicted octanol–water partition coefficient (Wildman–Crippen LogP) is 5.07. The van der Waals surface area contributed by atoms with Crippen molar-refractivity contribution in [1.29, 1.82) is 0 Å². The summed E-state index contributed by atoms with van der Waals surface area (Å²) in [5.74, 6) is 0.102. The number of phenolic OH excluding ortho intramolecular Hbond substituents is 1. The number of para-hydroxylation sites is 1. The molecule has 0 radical (unpaired) electrons. The summed E-state index contributed by atoms with van der Waals surface area (Å²) in [6, 6.07) is 10.8. The van der Waals surface area contributed by atoms with Crippen LogP contribution in [0, 0.1) is 0 Å². The zero-order valence-electron chi connectivity index (χ0n) is 9.25. The summed E-state index contributed by atoms with van der Waals surface area (Å²) >= 11 is 15.2. The van der Waals surface area contributed by atoms with Crippen LogP contribution in [0.5, 0.6) is 5.75 Å². The van der Waals surface area contributed by atoms with E-state index in [1.165, 1.54) is 0 Å². The minimum atomic E-state index is 0.102. The third-order valence-electron chi connectivity index (χ3n) is 2.49. The Bertz CT molecular complexity index is 523. The molecule has 0 saturated heterocycles. The Hall–Kier alpha value is -0.900. The number of benzene rings is 2. The number of phenols is 1. The van der Waals surface area contributed by atoms with E-state index in [0.29, 0.717) is 16.6 Å². The first-order chi connectivity index (χ1) is 8.59. The maximum atomic E-state index is 9.79. The number of anilines is 1. The van der Waals surface area contributed by atoms with Crippen LogP contribution in [0.15, 0.2) is 40.9 Å². The van der Waals surface area contributed by atoms with Crippen LogP contribution >= 0.6 is 39.1 Å². The molecule has 2 rings (SSSR count). The second kappa shape index (κ2) is 5.83. The lowest BCUT2D eigenvalue weighted by atomic mass is 10.2. The Morgan fingerprint density at radius 1 is 1.06 bits per heavy atom. The van der Waals surface area contributed by atoms with Gasteiger partial charge in [-0.25, -0.2) is 0 Å². The van der Waals surface area contributed by atoms with Gasteiger partial charge in [-0.15, -0.1) is 0 Å². The largest absolute Gasteiger partial charge is 0.506 e. The number of nitrogens with one attached hydrogen (secondary N) is 1. The highest BCUT2D eigenvalue weighted by Crippen LogP contribution is 2.32. The topological polar surface area (TPSA) is 32.3 Å². The fourth-order valence-corrected chi connectivity index (χ4v) is 2.31. The van der Waals surface area contributed by atoms with Gasteiger partial charge in [0.15, 0.2) is 0 Å². The maximum Gasteiger partial charge on any atom is 0.139 e. The molecule has 0 fully saturated rings. The molecule has 2 N–H and O–H groups in total. The van der Waals surface area contributed by atoms with Gasteiger partial charge in [-0.2, -0.15) is 0 Å². The van der Waals surface area contributed by atoms with Gasteiger partial charge in [-0.05, 0) is 34.1 Å². The van der Waals surface area contributed by atoms with Gasteiger partial charge < -0.3 is 10.4 Å². The van der Waals surface area contributed by atoms with Crippen LogP contribution in [-0.2, 0) is 6.54 Å². The Balaban J connectivity index is 2.17. The predicted molar refractivity (Wildman–Crippen MR) is 79.6 cm³/mol. The molecule has 0 atom stereocenters. The van der Waals surface area contributed by atoms with Crippen molar-refractivity contribution in [1.82, 2.24) is 0 Å². The molecule has 0 unspecified atom stereocenters. The highest BCUT2D eigenvalue weighted by atomic mass is 79.9. The van der Waals surface area contributed by atoms with Crippen molar-refractivity contribution in [2.75, 3.05) is 5.32 Å². The van der Waals surface area contributed by atoms with E-state index in [0.717, 1.165) is 15.7 Å². The van der Waals surface area contributed by atoms with Gasteiger partial charge in [0.25, 0.3) is 0 Å². The summed E-state index contributed by atoms with van der Waals surface area (Å²) in [4.78, 5) is 0. The molecule has 0 heterocycles.